The Kier molecular flexibility index (Phi) is 21.5. The van der Waals surface area contributed by atoms with Crippen LogP contribution in [0.2, 0.25) is 0 Å². The van der Waals surface area contributed by atoms with Gasteiger partial charge < -0.3 is 62.2 Å². The summed E-state index contributed by atoms with van der Waals surface area (Å²) in [4.78, 5) is 78.3. The first-order chi connectivity index (χ1) is 30.0. The zero-order valence-corrected chi connectivity index (χ0v) is 39.8. The van der Waals surface area contributed by atoms with Crippen LogP contribution in [0.5, 0.6) is 0 Å². The second kappa shape index (κ2) is 25.2. The number of aldehydes is 1. The number of methoxy groups -OCH3 is 1. The predicted octanol–water partition coefficient (Wildman–Crippen LogP) is 4.16. The van der Waals surface area contributed by atoms with Crippen molar-refractivity contribution < 1.29 is 81.2 Å². The standard InChI is InChI=1S/C46H73NO17/c1-25(2)21-36(52)62-44-29(6)57-38(24-46(44,10)54)63-40-28(5)58-45(43(61-32(9)51)39(40)47(11)12)64-41-33(19-20-48)22-26(3)34(59-30(7)49)18-16-14-15-17-27(4)56-37(53)23-35(42(41)55-13)60-31(8)50/h14-16,18,20,25-29,33-35,38-45,54H,17,19,21-24H2,1-13H3/b15-14+,18-16+/t26-,27-,28-,29-,33+,34+,35-,38+,39+,40-,41+,42+,43-,44-,45+,46-/m1/s1. The van der Waals surface area contributed by atoms with Crippen molar-refractivity contribution in [1.29, 1.82) is 0 Å². The fourth-order valence-electron chi connectivity index (χ4n) is 8.71. The van der Waals surface area contributed by atoms with Crippen LogP contribution >= 0.6 is 0 Å². The summed E-state index contributed by atoms with van der Waals surface area (Å²) in [5.74, 6) is -4.22. The lowest BCUT2D eigenvalue weighted by atomic mass is 9.82. The first-order valence-corrected chi connectivity index (χ1v) is 22.2. The predicted molar refractivity (Wildman–Crippen MR) is 229 cm³/mol. The summed E-state index contributed by atoms with van der Waals surface area (Å²) in [5.41, 5.74) is -1.55. The molecule has 0 saturated carbocycles. The van der Waals surface area contributed by atoms with E-state index in [-0.39, 0.29) is 31.6 Å². The molecule has 364 valence electrons. The second-order valence-electron chi connectivity index (χ2n) is 18.1. The molecule has 0 aromatic heterocycles. The van der Waals surface area contributed by atoms with Crippen molar-refractivity contribution in [3.63, 3.8) is 0 Å². The number of nitrogens with zero attached hydrogens (tertiary/aromatic N) is 1. The van der Waals surface area contributed by atoms with Crippen molar-refractivity contribution in [3.8, 4) is 0 Å². The number of carbonyl (C=O) groups excluding carboxylic acids is 6. The van der Waals surface area contributed by atoms with Gasteiger partial charge in [0.1, 0.15) is 42.4 Å². The van der Waals surface area contributed by atoms with E-state index in [0.29, 0.717) is 12.7 Å². The maximum Gasteiger partial charge on any atom is 0.309 e. The number of hydrogen-bond acceptors (Lipinski definition) is 18. The number of aliphatic hydroxyl groups is 1. The summed E-state index contributed by atoms with van der Waals surface area (Å²) in [5, 5.41) is 11.6. The Morgan fingerprint density at radius 2 is 1.55 bits per heavy atom. The van der Waals surface area contributed by atoms with E-state index in [1.165, 1.54) is 27.9 Å². The number of likely N-dealkylation sites (N-methyl/N-ethyl adjacent to an activating group) is 1. The van der Waals surface area contributed by atoms with E-state index in [2.05, 4.69) is 0 Å². The third kappa shape index (κ3) is 16.3. The summed E-state index contributed by atoms with van der Waals surface area (Å²) in [6.45, 7) is 16.0. The molecule has 0 aromatic rings. The van der Waals surface area contributed by atoms with Crippen molar-refractivity contribution >= 4 is 36.1 Å². The number of rotatable bonds is 14. The normalized spacial score (nSPS) is 37.8. The van der Waals surface area contributed by atoms with Gasteiger partial charge in [-0.25, -0.2) is 0 Å². The highest BCUT2D eigenvalue weighted by Crippen LogP contribution is 2.39. The molecule has 3 rings (SSSR count). The van der Waals surface area contributed by atoms with E-state index in [0.717, 1.165) is 0 Å². The van der Waals surface area contributed by atoms with Gasteiger partial charge in [-0.3, -0.25) is 24.0 Å². The van der Waals surface area contributed by atoms with Crippen molar-refractivity contribution in [1.82, 2.24) is 4.90 Å². The molecular formula is C46H73NO17. The molecule has 3 heterocycles. The zero-order valence-electron chi connectivity index (χ0n) is 39.8. The van der Waals surface area contributed by atoms with Gasteiger partial charge in [0.15, 0.2) is 24.8 Å². The van der Waals surface area contributed by atoms with Crippen molar-refractivity contribution in [2.45, 2.75) is 193 Å². The number of hydrogen-bond donors (Lipinski definition) is 1. The molecule has 0 aliphatic carbocycles. The highest BCUT2D eigenvalue weighted by atomic mass is 16.7. The van der Waals surface area contributed by atoms with Gasteiger partial charge in [0.25, 0.3) is 0 Å². The van der Waals surface area contributed by atoms with Gasteiger partial charge in [0.2, 0.25) is 0 Å². The Morgan fingerprint density at radius 3 is 2.11 bits per heavy atom. The first-order valence-electron chi connectivity index (χ1n) is 22.2. The van der Waals surface area contributed by atoms with E-state index in [1.807, 2.05) is 20.8 Å². The molecule has 0 radical (unpaired) electrons. The van der Waals surface area contributed by atoms with Gasteiger partial charge in [-0.05, 0) is 72.0 Å². The summed E-state index contributed by atoms with van der Waals surface area (Å²) >= 11 is 0. The number of ether oxygens (including phenoxy) is 10. The molecule has 1 N–H and O–H groups in total. The molecule has 0 unspecified atom stereocenters. The SMILES string of the molecule is CO[C@@H]1[C@@H](O[C@@H]2O[C@H](C)[C@@H](O[C@H]3C[C@@](C)(O)[C@H](OC(=O)CC(C)C)[C@@H](C)O3)[C@H](N(C)C)[C@H]2OC(C)=O)[C@@H](CC=O)C[C@@H](C)[C@@H](OC(C)=O)/C=C/C=C/C[C@@H](C)OC(=O)C[C@H]1OC(C)=O. The molecule has 0 aromatic carbocycles. The van der Waals surface area contributed by atoms with Crippen LogP contribution in [-0.2, 0) is 76.1 Å². The molecule has 0 amide bonds. The second-order valence-corrected chi connectivity index (χ2v) is 18.1. The molecule has 18 heteroatoms. The number of carbonyl (C=O) groups is 6. The van der Waals surface area contributed by atoms with Crippen LogP contribution < -0.4 is 0 Å². The van der Waals surface area contributed by atoms with E-state index < -0.39 is 133 Å². The van der Waals surface area contributed by atoms with Crippen molar-refractivity contribution in [2.24, 2.45) is 17.8 Å². The van der Waals surface area contributed by atoms with Gasteiger partial charge in [-0.15, -0.1) is 0 Å². The fourth-order valence-corrected chi connectivity index (χ4v) is 8.71. The fraction of sp³-hybridized carbons (Fsp3) is 0.783. The van der Waals surface area contributed by atoms with E-state index >= 15 is 0 Å². The molecule has 3 aliphatic rings. The van der Waals surface area contributed by atoms with Gasteiger partial charge >= 0.3 is 29.8 Å². The topological polar surface area (TPSA) is 218 Å². The van der Waals surface area contributed by atoms with Crippen molar-refractivity contribution in [2.75, 3.05) is 21.2 Å². The van der Waals surface area contributed by atoms with E-state index in [9.17, 15) is 33.9 Å². The Hall–Kier alpha value is -3.78. The maximum absolute atomic E-state index is 13.4. The highest BCUT2D eigenvalue weighted by Gasteiger charge is 2.54. The van der Waals surface area contributed by atoms with Crippen LogP contribution in [0.4, 0.5) is 0 Å². The maximum atomic E-state index is 13.4. The molecule has 0 spiro atoms. The lowest BCUT2D eigenvalue weighted by Crippen LogP contribution is -2.66. The highest BCUT2D eigenvalue weighted by molar-refractivity contribution is 5.72. The molecule has 16 atom stereocenters. The number of allylic oxidation sites excluding steroid dienone is 2. The third-order valence-electron chi connectivity index (χ3n) is 11.5. The molecule has 64 heavy (non-hydrogen) atoms. The monoisotopic (exact) mass is 911 g/mol. The van der Waals surface area contributed by atoms with Gasteiger partial charge in [0, 0.05) is 53.6 Å². The van der Waals surface area contributed by atoms with Crippen LogP contribution in [0.25, 0.3) is 0 Å². The van der Waals surface area contributed by atoms with Crippen LogP contribution in [0.3, 0.4) is 0 Å². The molecule has 2 saturated heterocycles. The minimum absolute atomic E-state index is 0.0497. The molecule has 0 bridgehead atoms. The van der Waals surface area contributed by atoms with Crippen molar-refractivity contribution in [3.05, 3.63) is 24.3 Å². The molecule has 2 fully saturated rings. The largest absolute Gasteiger partial charge is 0.462 e. The lowest BCUT2D eigenvalue weighted by Gasteiger charge is -2.51. The zero-order chi connectivity index (χ0) is 48.1. The smallest absolute Gasteiger partial charge is 0.309 e. The molecule has 3 aliphatic heterocycles. The quantitative estimate of drug-likeness (QED) is 0.147. The number of cyclic esters (lactones) is 1. The number of esters is 5. The summed E-state index contributed by atoms with van der Waals surface area (Å²) in [6, 6.07) is -0.800. The van der Waals surface area contributed by atoms with Crippen LogP contribution in [0.15, 0.2) is 24.3 Å². The Morgan fingerprint density at radius 1 is 0.891 bits per heavy atom. The Labute approximate surface area is 377 Å². The summed E-state index contributed by atoms with van der Waals surface area (Å²) in [6.07, 6.45) is -4.43. The van der Waals surface area contributed by atoms with E-state index in [4.69, 9.17) is 47.4 Å². The third-order valence-corrected chi connectivity index (χ3v) is 11.5. The van der Waals surface area contributed by atoms with Gasteiger partial charge in [-0.2, -0.15) is 0 Å². The average molecular weight is 912 g/mol. The molecular weight excluding hydrogens is 838 g/mol. The Balaban J connectivity index is 2.12. The van der Waals surface area contributed by atoms with Gasteiger partial charge in [-0.1, -0.05) is 39.0 Å². The summed E-state index contributed by atoms with van der Waals surface area (Å²) < 4.78 is 61.2. The minimum atomic E-state index is -1.55. The Bertz CT molecular complexity index is 1610. The van der Waals surface area contributed by atoms with E-state index in [1.54, 1.807) is 71.0 Å². The van der Waals surface area contributed by atoms with Crippen LogP contribution in [-0.4, -0.2) is 153 Å². The van der Waals surface area contributed by atoms with Crippen LogP contribution in [0.1, 0.15) is 108 Å². The molecule has 18 nitrogen and oxygen atoms in total. The first kappa shape index (κ1) is 54.6. The van der Waals surface area contributed by atoms with Crippen LogP contribution in [0, 0.1) is 17.8 Å². The van der Waals surface area contributed by atoms with Gasteiger partial charge in [0.05, 0.1) is 30.8 Å². The lowest BCUT2D eigenvalue weighted by molar-refractivity contribution is -0.345. The minimum Gasteiger partial charge on any atom is -0.462 e. The average Bonchev–Trinajstić information content (AvgIpc) is 3.15. The summed E-state index contributed by atoms with van der Waals surface area (Å²) in [7, 11) is 4.84.